The maximum atomic E-state index is 12.4. The first kappa shape index (κ1) is 19.6. The van der Waals surface area contributed by atoms with E-state index in [1.807, 2.05) is 35.8 Å². The van der Waals surface area contributed by atoms with Crippen LogP contribution in [-0.4, -0.2) is 34.9 Å². The Labute approximate surface area is 168 Å². The molecule has 28 heavy (non-hydrogen) atoms. The fourth-order valence-electron chi connectivity index (χ4n) is 2.76. The zero-order valence-corrected chi connectivity index (χ0v) is 16.8. The number of benzene rings is 2. The predicted octanol–water partition coefficient (Wildman–Crippen LogP) is 3.96. The van der Waals surface area contributed by atoms with Crippen molar-refractivity contribution in [3.05, 3.63) is 52.8 Å². The molecule has 0 atom stereocenters. The Morgan fingerprint density at radius 3 is 2.39 bits per heavy atom. The molecule has 0 radical (unpaired) electrons. The van der Waals surface area contributed by atoms with Gasteiger partial charge in [0.1, 0.15) is 11.5 Å². The summed E-state index contributed by atoms with van der Waals surface area (Å²) in [5.41, 5.74) is 2.71. The van der Waals surface area contributed by atoms with Crippen molar-refractivity contribution < 1.29 is 14.3 Å². The number of carbonyl (C=O) groups excluding carboxylic acids is 1. The second-order valence-corrected chi connectivity index (χ2v) is 6.66. The summed E-state index contributed by atoms with van der Waals surface area (Å²) in [6, 6.07) is 13.2. The first-order chi connectivity index (χ1) is 13.5. The van der Waals surface area contributed by atoms with Crippen molar-refractivity contribution in [2.75, 3.05) is 19.5 Å². The van der Waals surface area contributed by atoms with E-state index in [-0.39, 0.29) is 12.3 Å². The van der Waals surface area contributed by atoms with Crippen LogP contribution in [0.2, 0.25) is 0 Å². The maximum absolute atomic E-state index is 12.4. The van der Waals surface area contributed by atoms with E-state index in [2.05, 4.69) is 15.5 Å². The van der Waals surface area contributed by atoms with Crippen molar-refractivity contribution in [1.29, 1.82) is 0 Å². The van der Waals surface area contributed by atoms with E-state index in [1.165, 1.54) is 0 Å². The van der Waals surface area contributed by atoms with Gasteiger partial charge in [-0.3, -0.25) is 14.5 Å². The zero-order chi connectivity index (χ0) is 20.1. The molecule has 8 heteroatoms. The molecule has 0 aliphatic rings. The van der Waals surface area contributed by atoms with Gasteiger partial charge >= 0.3 is 0 Å². The fourth-order valence-corrected chi connectivity index (χ4v) is 2.99. The van der Waals surface area contributed by atoms with Gasteiger partial charge in [-0.15, -0.1) is 0 Å². The van der Waals surface area contributed by atoms with Gasteiger partial charge in [-0.05, 0) is 19.1 Å². The minimum atomic E-state index is -0.145. The molecule has 0 aliphatic heterocycles. The molecule has 1 heterocycles. The summed E-state index contributed by atoms with van der Waals surface area (Å²) < 4.78 is 12.8. The molecule has 1 amide bonds. The number of methoxy groups -OCH3 is 2. The molecule has 0 bridgehead atoms. The summed E-state index contributed by atoms with van der Waals surface area (Å²) in [5, 5.41) is 9.97. The summed E-state index contributed by atoms with van der Waals surface area (Å²) in [6.07, 6.45) is 0.242. The van der Waals surface area contributed by atoms with Crippen LogP contribution in [0.25, 0.3) is 11.4 Å². The standard InChI is InChI=1S/C20H22N4O3S/c1-13-4-6-14(7-5-13)19-22-23-20(28)24(19)9-8-18(25)21-15-10-16(26-2)12-17(11-15)27-3/h4-7,10-12H,8-9H2,1-3H3,(H,21,25)(H,23,28). The van der Waals surface area contributed by atoms with Crippen LogP contribution in [0.5, 0.6) is 11.5 Å². The highest BCUT2D eigenvalue weighted by Gasteiger charge is 2.11. The number of carbonyl (C=O) groups is 1. The van der Waals surface area contributed by atoms with E-state index in [1.54, 1.807) is 32.4 Å². The highest BCUT2D eigenvalue weighted by Crippen LogP contribution is 2.26. The van der Waals surface area contributed by atoms with E-state index in [0.29, 0.717) is 34.3 Å². The molecule has 0 spiro atoms. The Kier molecular flexibility index (Phi) is 6.10. The molecule has 146 valence electrons. The number of nitrogens with one attached hydrogen (secondary N) is 2. The monoisotopic (exact) mass is 398 g/mol. The first-order valence-electron chi connectivity index (χ1n) is 8.75. The van der Waals surface area contributed by atoms with Crippen LogP contribution >= 0.6 is 12.2 Å². The molecule has 0 aliphatic carbocycles. The number of H-pyrrole nitrogens is 1. The predicted molar refractivity (Wildman–Crippen MR) is 110 cm³/mol. The minimum Gasteiger partial charge on any atom is -0.497 e. The number of rotatable bonds is 7. The molecule has 0 unspecified atom stereocenters. The normalized spacial score (nSPS) is 10.5. The van der Waals surface area contributed by atoms with Crippen molar-refractivity contribution in [3.8, 4) is 22.9 Å². The van der Waals surface area contributed by atoms with E-state index in [9.17, 15) is 4.79 Å². The Bertz CT molecular complexity index is 1000. The van der Waals surface area contributed by atoms with Crippen molar-refractivity contribution in [2.45, 2.75) is 19.9 Å². The van der Waals surface area contributed by atoms with Gasteiger partial charge in [-0.1, -0.05) is 29.8 Å². The molecule has 0 saturated heterocycles. The van der Waals surface area contributed by atoms with Gasteiger partial charge in [-0.2, -0.15) is 5.10 Å². The van der Waals surface area contributed by atoms with Crippen LogP contribution in [0.3, 0.4) is 0 Å². The quantitative estimate of drug-likeness (QED) is 0.589. The molecular formula is C20H22N4O3S. The summed E-state index contributed by atoms with van der Waals surface area (Å²) in [7, 11) is 3.13. The van der Waals surface area contributed by atoms with Crippen LogP contribution in [0.4, 0.5) is 5.69 Å². The summed E-state index contributed by atoms with van der Waals surface area (Å²) in [6.45, 7) is 2.43. The van der Waals surface area contributed by atoms with Crippen molar-refractivity contribution >= 4 is 23.8 Å². The lowest BCUT2D eigenvalue weighted by Gasteiger charge is -2.11. The van der Waals surface area contributed by atoms with E-state index >= 15 is 0 Å². The number of aryl methyl sites for hydroxylation is 1. The van der Waals surface area contributed by atoms with Gasteiger partial charge in [0.05, 0.1) is 14.2 Å². The van der Waals surface area contributed by atoms with Crippen molar-refractivity contribution in [3.63, 3.8) is 0 Å². The SMILES string of the molecule is COc1cc(NC(=O)CCn2c(-c3ccc(C)cc3)n[nH]c2=S)cc(OC)c1. The smallest absolute Gasteiger partial charge is 0.226 e. The molecule has 0 saturated carbocycles. The average Bonchev–Trinajstić information content (AvgIpc) is 3.07. The van der Waals surface area contributed by atoms with E-state index in [0.717, 1.165) is 11.1 Å². The number of ether oxygens (including phenoxy) is 2. The number of hydrogen-bond acceptors (Lipinski definition) is 5. The van der Waals surface area contributed by atoms with Gasteiger partial charge in [0, 0.05) is 42.4 Å². The highest BCUT2D eigenvalue weighted by molar-refractivity contribution is 7.71. The van der Waals surface area contributed by atoms with Gasteiger partial charge in [0.15, 0.2) is 10.6 Å². The van der Waals surface area contributed by atoms with E-state index in [4.69, 9.17) is 21.7 Å². The van der Waals surface area contributed by atoms with Gasteiger partial charge < -0.3 is 14.8 Å². The number of aromatic nitrogens is 3. The average molecular weight is 398 g/mol. The van der Waals surface area contributed by atoms with Crippen LogP contribution < -0.4 is 14.8 Å². The highest BCUT2D eigenvalue weighted by atomic mass is 32.1. The summed E-state index contributed by atoms with van der Waals surface area (Å²) in [5.74, 6) is 1.77. The molecule has 1 aromatic heterocycles. The molecule has 2 N–H and O–H groups in total. The second kappa shape index (κ2) is 8.71. The number of nitrogens with zero attached hydrogens (tertiary/aromatic N) is 2. The number of hydrogen-bond donors (Lipinski definition) is 2. The summed E-state index contributed by atoms with van der Waals surface area (Å²) >= 11 is 5.33. The molecule has 3 aromatic rings. The molecule has 2 aromatic carbocycles. The third-order valence-corrected chi connectivity index (χ3v) is 4.58. The van der Waals surface area contributed by atoms with Crippen molar-refractivity contribution in [2.24, 2.45) is 0 Å². The zero-order valence-electron chi connectivity index (χ0n) is 16.0. The Hall–Kier alpha value is -3.13. The van der Waals surface area contributed by atoms with Crippen molar-refractivity contribution in [1.82, 2.24) is 14.8 Å². The maximum Gasteiger partial charge on any atom is 0.226 e. The molecule has 3 rings (SSSR count). The van der Waals surface area contributed by atoms with Crippen LogP contribution in [0, 0.1) is 11.7 Å². The van der Waals surface area contributed by atoms with Gasteiger partial charge in [0.2, 0.25) is 5.91 Å². The lowest BCUT2D eigenvalue weighted by atomic mass is 10.1. The lowest BCUT2D eigenvalue weighted by molar-refractivity contribution is -0.116. The topological polar surface area (TPSA) is 81.2 Å². The number of aromatic amines is 1. The third kappa shape index (κ3) is 4.58. The fraction of sp³-hybridized carbons (Fsp3) is 0.250. The van der Waals surface area contributed by atoms with Crippen LogP contribution in [0.1, 0.15) is 12.0 Å². The Morgan fingerprint density at radius 1 is 1.14 bits per heavy atom. The number of anilines is 1. The van der Waals surface area contributed by atoms with Crippen LogP contribution in [-0.2, 0) is 11.3 Å². The molecular weight excluding hydrogens is 376 g/mol. The molecule has 0 fully saturated rings. The Morgan fingerprint density at radius 2 is 1.79 bits per heavy atom. The third-order valence-electron chi connectivity index (χ3n) is 4.27. The second-order valence-electron chi connectivity index (χ2n) is 6.27. The summed E-state index contributed by atoms with van der Waals surface area (Å²) in [4.78, 5) is 12.4. The number of amides is 1. The Balaban J connectivity index is 1.71. The largest absolute Gasteiger partial charge is 0.497 e. The van der Waals surface area contributed by atoms with E-state index < -0.39 is 0 Å². The van der Waals surface area contributed by atoms with Gasteiger partial charge in [0.25, 0.3) is 0 Å². The van der Waals surface area contributed by atoms with Gasteiger partial charge in [-0.25, -0.2) is 0 Å². The molecule has 7 nitrogen and oxygen atoms in total. The lowest BCUT2D eigenvalue weighted by Crippen LogP contribution is -2.15. The first-order valence-corrected chi connectivity index (χ1v) is 9.16. The minimum absolute atomic E-state index is 0.145. The van der Waals surface area contributed by atoms with Crippen LogP contribution in [0.15, 0.2) is 42.5 Å².